The maximum absolute atomic E-state index is 3.19. The van der Waals surface area contributed by atoms with E-state index in [-0.39, 0.29) is 0 Å². The van der Waals surface area contributed by atoms with Crippen LogP contribution in [0.3, 0.4) is 0 Å². The third-order valence-corrected chi connectivity index (χ3v) is 3.59. The zero-order valence-electron chi connectivity index (χ0n) is 12.9. The van der Waals surface area contributed by atoms with Gasteiger partial charge >= 0.3 is 0 Å². The number of aryl methyl sites for hydroxylation is 2. The van der Waals surface area contributed by atoms with Crippen molar-refractivity contribution in [2.24, 2.45) is 0 Å². The second kappa shape index (κ2) is 6.58. The molecule has 2 aromatic rings. The highest BCUT2D eigenvalue weighted by atomic mass is 15.1. The molecule has 1 N–H and O–H groups in total. The van der Waals surface area contributed by atoms with Crippen LogP contribution < -0.4 is 10.2 Å². The van der Waals surface area contributed by atoms with Gasteiger partial charge in [0, 0.05) is 25.8 Å². The summed E-state index contributed by atoms with van der Waals surface area (Å²) in [7, 11) is 4.13. The molecule has 0 bridgehead atoms. The summed E-state index contributed by atoms with van der Waals surface area (Å²) in [5.74, 6) is 0. The smallest absolute Gasteiger partial charge is 0.0426 e. The molecule has 0 spiro atoms. The molecule has 2 aromatic carbocycles. The van der Waals surface area contributed by atoms with Crippen molar-refractivity contribution < 1.29 is 0 Å². The van der Waals surface area contributed by atoms with Crippen molar-refractivity contribution in [1.82, 2.24) is 5.32 Å². The molecule has 0 atom stereocenters. The predicted octanol–water partition coefficient (Wildman–Crippen LogP) is 3.66. The number of hydrogen-bond acceptors (Lipinski definition) is 2. The molecule has 106 valence electrons. The van der Waals surface area contributed by atoms with Crippen molar-refractivity contribution in [2.45, 2.75) is 26.9 Å². The van der Waals surface area contributed by atoms with Crippen LogP contribution in [0.15, 0.2) is 42.5 Å². The van der Waals surface area contributed by atoms with Gasteiger partial charge in [-0.25, -0.2) is 0 Å². The van der Waals surface area contributed by atoms with Gasteiger partial charge in [0.2, 0.25) is 0 Å². The van der Waals surface area contributed by atoms with Crippen LogP contribution in [0.1, 0.15) is 22.3 Å². The molecule has 2 rings (SSSR count). The maximum atomic E-state index is 3.19. The van der Waals surface area contributed by atoms with Crippen molar-refractivity contribution in [1.29, 1.82) is 0 Å². The highest BCUT2D eigenvalue weighted by Crippen LogP contribution is 2.22. The summed E-state index contributed by atoms with van der Waals surface area (Å²) in [5.41, 5.74) is 6.61. The fourth-order valence-corrected chi connectivity index (χ4v) is 2.51. The van der Waals surface area contributed by atoms with Crippen LogP contribution in [0.25, 0.3) is 0 Å². The van der Waals surface area contributed by atoms with Crippen LogP contribution >= 0.6 is 0 Å². The van der Waals surface area contributed by atoms with E-state index in [1.807, 2.05) is 7.05 Å². The Labute approximate surface area is 122 Å². The molecular formula is C18H24N2. The fraction of sp³-hybridized carbons (Fsp3) is 0.333. The molecule has 2 nitrogen and oxygen atoms in total. The Hall–Kier alpha value is -1.80. The number of nitrogens with one attached hydrogen (secondary N) is 1. The first-order valence-corrected chi connectivity index (χ1v) is 7.11. The molecule has 2 heteroatoms. The molecule has 0 aliphatic heterocycles. The van der Waals surface area contributed by atoms with Crippen molar-refractivity contribution >= 4 is 5.69 Å². The van der Waals surface area contributed by atoms with Gasteiger partial charge in [-0.15, -0.1) is 0 Å². The van der Waals surface area contributed by atoms with Gasteiger partial charge in [-0.05, 0) is 43.7 Å². The summed E-state index contributed by atoms with van der Waals surface area (Å²) in [6, 6.07) is 15.4. The normalized spacial score (nSPS) is 10.6. The first-order valence-electron chi connectivity index (χ1n) is 7.11. The van der Waals surface area contributed by atoms with E-state index in [1.165, 1.54) is 27.9 Å². The summed E-state index contributed by atoms with van der Waals surface area (Å²) in [6.07, 6.45) is 0. The van der Waals surface area contributed by atoms with E-state index in [0.29, 0.717) is 0 Å². The Bertz CT molecular complexity index is 558. The summed E-state index contributed by atoms with van der Waals surface area (Å²) in [6.45, 7) is 6.16. The third kappa shape index (κ3) is 3.61. The van der Waals surface area contributed by atoms with Crippen molar-refractivity contribution in [3.8, 4) is 0 Å². The van der Waals surface area contributed by atoms with E-state index in [1.54, 1.807) is 0 Å². The summed E-state index contributed by atoms with van der Waals surface area (Å²) >= 11 is 0. The molecule has 0 saturated carbocycles. The van der Waals surface area contributed by atoms with Crippen LogP contribution in [0.4, 0.5) is 5.69 Å². The Kier molecular flexibility index (Phi) is 4.80. The summed E-state index contributed by atoms with van der Waals surface area (Å²) < 4.78 is 0. The average Bonchev–Trinajstić information content (AvgIpc) is 2.42. The SMILES string of the molecule is CNCc1ccc(N(C)Cc2ccc(C)cc2)c(C)c1. The third-order valence-electron chi connectivity index (χ3n) is 3.59. The molecule has 0 unspecified atom stereocenters. The molecule has 0 radical (unpaired) electrons. The number of nitrogens with zero attached hydrogens (tertiary/aromatic N) is 1. The van der Waals surface area contributed by atoms with E-state index in [9.17, 15) is 0 Å². The standard InChI is InChI=1S/C18H24N2/c1-14-5-7-16(8-6-14)13-20(4)18-10-9-17(12-19-3)11-15(18)2/h5-11,19H,12-13H2,1-4H3. The highest BCUT2D eigenvalue weighted by molar-refractivity contribution is 5.54. The quantitative estimate of drug-likeness (QED) is 0.890. The second-order valence-electron chi connectivity index (χ2n) is 5.49. The summed E-state index contributed by atoms with van der Waals surface area (Å²) in [4.78, 5) is 2.31. The largest absolute Gasteiger partial charge is 0.370 e. The molecule has 0 fully saturated rings. The zero-order valence-corrected chi connectivity index (χ0v) is 12.9. The topological polar surface area (TPSA) is 15.3 Å². The molecule has 0 aliphatic rings. The lowest BCUT2D eigenvalue weighted by atomic mass is 10.1. The van der Waals surface area contributed by atoms with Crippen molar-refractivity contribution in [2.75, 3.05) is 19.0 Å². The van der Waals surface area contributed by atoms with Crippen LogP contribution in [0.5, 0.6) is 0 Å². The molecule has 0 amide bonds. The number of rotatable bonds is 5. The molecule has 20 heavy (non-hydrogen) atoms. The average molecular weight is 268 g/mol. The molecular weight excluding hydrogens is 244 g/mol. The molecule has 0 heterocycles. The molecule has 0 aromatic heterocycles. The first-order chi connectivity index (χ1) is 9.60. The van der Waals surface area contributed by atoms with E-state index < -0.39 is 0 Å². The molecule has 0 saturated heterocycles. The highest BCUT2D eigenvalue weighted by Gasteiger charge is 2.06. The lowest BCUT2D eigenvalue weighted by Crippen LogP contribution is -2.17. The predicted molar refractivity (Wildman–Crippen MR) is 87.2 cm³/mol. The van der Waals surface area contributed by atoms with Crippen molar-refractivity contribution in [3.05, 3.63) is 64.7 Å². The zero-order chi connectivity index (χ0) is 14.5. The van der Waals surface area contributed by atoms with E-state index in [2.05, 4.69) is 73.6 Å². The monoisotopic (exact) mass is 268 g/mol. The van der Waals surface area contributed by atoms with E-state index in [0.717, 1.165) is 13.1 Å². The Morgan fingerprint density at radius 1 is 0.950 bits per heavy atom. The van der Waals surface area contributed by atoms with Gasteiger partial charge in [0.15, 0.2) is 0 Å². The van der Waals surface area contributed by atoms with Gasteiger partial charge in [-0.2, -0.15) is 0 Å². The Balaban J connectivity index is 2.12. The summed E-state index contributed by atoms with van der Waals surface area (Å²) in [5, 5.41) is 3.19. The van der Waals surface area contributed by atoms with Crippen LogP contribution in [-0.4, -0.2) is 14.1 Å². The Morgan fingerprint density at radius 3 is 2.20 bits per heavy atom. The molecule has 0 aliphatic carbocycles. The lowest BCUT2D eigenvalue weighted by Gasteiger charge is -2.22. The maximum Gasteiger partial charge on any atom is 0.0426 e. The number of anilines is 1. The van der Waals surface area contributed by atoms with Crippen molar-refractivity contribution in [3.63, 3.8) is 0 Å². The van der Waals surface area contributed by atoms with E-state index >= 15 is 0 Å². The minimum atomic E-state index is 0.919. The van der Waals surface area contributed by atoms with Crippen LogP contribution in [0, 0.1) is 13.8 Å². The van der Waals surface area contributed by atoms with Crippen LogP contribution in [-0.2, 0) is 13.1 Å². The van der Waals surface area contributed by atoms with Gasteiger partial charge in [-0.3, -0.25) is 0 Å². The number of benzene rings is 2. The minimum absolute atomic E-state index is 0.919. The minimum Gasteiger partial charge on any atom is -0.370 e. The number of hydrogen-bond donors (Lipinski definition) is 1. The second-order valence-corrected chi connectivity index (χ2v) is 5.49. The van der Waals surface area contributed by atoms with E-state index in [4.69, 9.17) is 0 Å². The van der Waals surface area contributed by atoms with Gasteiger partial charge in [0.25, 0.3) is 0 Å². The van der Waals surface area contributed by atoms with Crippen LogP contribution in [0.2, 0.25) is 0 Å². The Morgan fingerprint density at radius 2 is 1.60 bits per heavy atom. The van der Waals surface area contributed by atoms with Gasteiger partial charge in [0.1, 0.15) is 0 Å². The van der Waals surface area contributed by atoms with Gasteiger partial charge in [0.05, 0.1) is 0 Å². The first kappa shape index (κ1) is 14.6. The fourth-order valence-electron chi connectivity index (χ4n) is 2.51. The van der Waals surface area contributed by atoms with Gasteiger partial charge < -0.3 is 10.2 Å². The lowest BCUT2D eigenvalue weighted by molar-refractivity contribution is 0.815. The van der Waals surface area contributed by atoms with Gasteiger partial charge in [-0.1, -0.05) is 42.0 Å².